The van der Waals surface area contributed by atoms with Crippen LogP contribution in [0.15, 0.2) is 0 Å². The third-order valence-electron chi connectivity index (χ3n) is 4.70. The first-order valence-electron chi connectivity index (χ1n) is 7.32. The van der Waals surface area contributed by atoms with E-state index in [-0.39, 0.29) is 5.41 Å². The van der Waals surface area contributed by atoms with Crippen molar-refractivity contribution < 1.29 is 0 Å². The molecule has 0 aromatic rings. The van der Waals surface area contributed by atoms with Crippen LogP contribution in [0.5, 0.6) is 0 Å². The number of likely N-dealkylation sites (tertiary alicyclic amines) is 1. The van der Waals surface area contributed by atoms with E-state index in [4.69, 9.17) is 11.1 Å². The molecule has 18 heavy (non-hydrogen) atoms. The summed E-state index contributed by atoms with van der Waals surface area (Å²) in [5, 5.41) is 7.59. The van der Waals surface area contributed by atoms with Crippen molar-refractivity contribution in [1.82, 2.24) is 4.90 Å². The van der Waals surface area contributed by atoms with E-state index < -0.39 is 0 Å². The number of hydrogen-bond donors (Lipinski definition) is 2. The van der Waals surface area contributed by atoms with Gasteiger partial charge in [0.05, 0.1) is 5.84 Å². The molecule has 0 aromatic heterocycles. The van der Waals surface area contributed by atoms with Crippen LogP contribution in [0.4, 0.5) is 0 Å². The van der Waals surface area contributed by atoms with Gasteiger partial charge in [-0.05, 0) is 44.6 Å². The summed E-state index contributed by atoms with van der Waals surface area (Å²) in [7, 11) is 0. The maximum absolute atomic E-state index is 7.59. The van der Waals surface area contributed by atoms with E-state index in [9.17, 15) is 0 Å². The molecule has 0 spiro atoms. The van der Waals surface area contributed by atoms with Gasteiger partial charge in [0.25, 0.3) is 0 Å². The lowest BCUT2D eigenvalue weighted by Gasteiger charge is -2.41. The van der Waals surface area contributed by atoms with Gasteiger partial charge in [0.1, 0.15) is 0 Å². The SMILES string of the molecule is CC1CC(C)C(C)N(CCCC(C)(C)C(=N)N)C1. The summed E-state index contributed by atoms with van der Waals surface area (Å²) in [5.41, 5.74) is 5.49. The molecule has 0 aliphatic carbocycles. The summed E-state index contributed by atoms with van der Waals surface area (Å²) in [6, 6.07) is 0.696. The van der Waals surface area contributed by atoms with E-state index in [1.165, 1.54) is 13.0 Å². The van der Waals surface area contributed by atoms with Gasteiger partial charge >= 0.3 is 0 Å². The third-order valence-corrected chi connectivity index (χ3v) is 4.70. The lowest BCUT2D eigenvalue weighted by molar-refractivity contribution is 0.0765. The van der Waals surface area contributed by atoms with E-state index in [0.717, 1.165) is 31.2 Å². The van der Waals surface area contributed by atoms with E-state index >= 15 is 0 Å². The fraction of sp³-hybridized carbons (Fsp3) is 0.933. The molecule has 1 saturated heterocycles. The monoisotopic (exact) mass is 253 g/mol. The first-order valence-corrected chi connectivity index (χ1v) is 7.32. The average molecular weight is 253 g/mol. The quantitative estimate of drug-likeness (QED) is 0.584. The van der Waals surface area contributed by atoms with Gasteiger partial charge in [-0.2, -0.15) is 0 Å². The van der Waals surface area contributed by atoms with Crippen molar-refractivity contribution in [1.29, 1.82) is 5.41 Å². The van der Waals surface area contributed by atoms with Crippen molar-refractivity contribution in [3.8, 4) is 0 Å². The van der Waals surface area contributed by atoms with Crippen LogP contribution in [-0.4, -0.2) is 29.9 Å². The molecule has 1 rings (SSSR count). The van der Waals surface area contributed by atoms with Gasteiger partial charge < -0.3 is 10.6 Å². The molecule has 0 bridgehead atoms. The second-order valence-electron chi connectivity index (χ2n) is 6.95. The molecule has 0 amide bonds. The van der Waals surface area contributed by atoms with Crippen molar-refractivity contribution in [2.75, 3.05) is 13.1 Å². The first kappa shape index (κ1) is 15.5. The summed E-state index contributed by atoms with van der Waals surface area (Å²) in [4.78, 5) is 2.62. The van der Waals surface area contributed by atoms with Crippen molar-refractivity contribution in [3.05, 3.63) is 0 Å². The summed E-state index contributed by atoms with van der Waals surface area (Å²) in [6.07, 6.45) is 3.50. The second-order valence-corrected chi connectivity index (χ2v) is 6.95. The van der Waals surface area contributed by atoms with Crippen molar-refractivity contribution in [2.24, 2.45) is 23.0 Å². The zero-order valence-electron chi connectivity index (χ0n) is 12.8. The Labute approximate surface area is 113 Å². The predicted molar refractivity (Wildman–Crippen MR) is 78.9 cm³/mol. The fourth-order valence-electron chi connectivity index (χ4n) is 2.99. The number of rotatable bonds is 5. The van der Waals surface area contributed by atoms with Crippen LogP contribution >= 0.6 is 0 Å². The lowest BCUT2D eigenvalue weighted by atomic mass is 9.84. The van der Waals surface area contributed by atoms with Crippen molar-refractivity contribution in [3.63, 3.8) is 0 Å². The van der Waals surface area contributed by atoms with Crippen LogP contribution in [0.2, 0.25) is 0 Å². The Morgan fingerprint density at radius 3 is 2.50 bits per heavy atom. The molecule has 3 N–H and O–H groups in total. The molecule has 106 valence electrons. The van der Waals surface area contributed by atoms with Crippen LogP contribution in [0.1, 0.15) is 53.9 Å². The highest BCUT2D eigenvalue weighted by molar-refractivity contribution is 5.82. The molecule has 3 heteroatoms. The molecule has 3 nitrogen and oxygen atoms in total. The highest BCUT2D eigenvalue weighted by Crippen LogP contribution is 2.28. The molecular formula is C15H31N3. The minimum Gasteiger partial charge on any atom is -0.387 e. The molecular weight excluding hydrogens is 222 g/mol. The standard InChI is InChI=1S/C15H31N3/c1-11-9-12(2)13(3)18(10-11)8-6-7-15(4,5)14(16)17/h11-13H,6-10H2,1-5H3,(H3,16,17). The van der Waals surface area contributed by atoms with Gasteiger partial charge in [-0.1, -0.05) is 27.7 Å². The van der Waals surface area contributed by atoms with Gasteiger partial charge in [-0.25, -0.2) is 0 Å². The Kier molecular flexibility index (Phi) is 5.20. The Balaban J connectivity index is 2.41. The van der Waals surface area contributed by atoms with Gasteiger partial charge in [0.15, 0.2) is 0 Å². The minimum atomic E-state index is -0.143. The summed E-state index contributed by atoms with van der Waals surface area (Å²) >= 11 is 0. The van der Waals surface area contributed by atoms with E-state index in [2.05, 4.69) is 39.5 Å². The molecule has 1 fully saturated rings. The summed E-state index contributed by atoms with van der Waals surface area (Å²) < 4.78 is 0. The van der Waals surface area contributed by atoms with Gasteiger partial charge in [-0.15, -0.1) is 0 Å². The molecule has 1 aliphatic rings. The fourth-order valence-corrected chi connectivity index (χ4v) is 2.99. The van der Waals surface area contributed by atoms with E-state index in [1.54, 1.807) is 0 Å². The topological polar surface area (TPSA) is 53.1 Å². The van der Waals surface area contributed by atoms with Crippen LogP contribution < -0.4 is 5.73 Å². The Morgan fingerprint density at radius 1 is 1.33 bits per heavy atom. The Hall–Kier alpha value is -0.570. The summed E-state index contributed by atoms with van der Waals surface area (Å²) in [6.45, 7) is 13.6. The lowest BCUT2D eigenvalue weighted by Crippen LogP contribution is -2.46. The average Bonchev–Trinajstić information content (AvgIpc) is 2.24. The minimum absolute atomic E-state index is 0.143. The largest absolute Gasteiger partial charge is 0.387 e. The van der Waals surface area contributed by atoms with Crippen LogP contribution in [0.25, 0.3) is 0 Å². The van der Waals surface area contributed by atoms with Crippen molar-refractivity contribution >= 4 is 5.84 Å². The van der Waals surface area contributed by atoms with E-state index in [0.29, 0.717) is 11.9 Å². The molecule has 0 saturated carbocycles. The first-order chi connectivity index (χ1) is 8.24. The van der Waals surface area contributed by atoms with Gasteiger partial charge in [-0.3, -0.25) is 5.41 Å². The number of nitrogens with two attached hydrogens (primary N) is 1. The molecule has 3 unspecified atom stereocenters. The zero-order valence-corrected chi connectivity index (χ0v) is 12.8. The second kappa shape index (κ2) is 6.05. The number of piperidine rings is 1. The van der Waals surface area contributed by atoms with Crippen molar-refractivity contribution in [2.45, 2.75) is 59.9 Å². The predicted octanol–water partition coefficient (Wildman–Crippen LogP) is 3.10. The van der Waals surface area contributed by atoms with Gasteiger partial charge in [0, 0.05) is 18.0 Å². The third kappa shape index (κ3) is 3.98. The number of nitrogens with zero attached hydrogens (tertiary/aromatic N) is 1. The highest BCUT2D eigenvalue weighted by Gasteiger charge is 2.29. The Bertz CT molecular complexity index is 285. The van der Waals surface area contributed by atoms with E-state index in [1.807, 2.05) is 0 Å². The highest BCUT2D eigenvalue weighted by atomic mass is 15.2. The molecule has 3 atom stereocenters. The molecule has 0 radical (unpaired) electrons. The zero-order chi connectivity index (χ0) is 13.9. The van der Waals surface area contributed by atoms with Crippen LogP contribution in [0.3, 0.4) is 0 Å². The molecule has 1 heterocycles. The maximum Gasteiger partial charge on any atom is 0.0963 e. The van der Waals surface area contributed by atoms with Gasteiger partial charge in [0.2, 0.25) is 0 Å². The summed E-state index contributed by atoms with van der Waals surface area (Å²) in [5.74, 6) is 1.93. The number of amidine groups is 1. The maximum atomic E-state index is 7.59. The van der Waals surface area contributed by atoms with Crippen LogP contribution in [-0.2, 0) is 0 Å². The smallest absolute Gasteiger partial charge is 0.0963 e. The van der Waals surface area contributed by atoms with Crippen LogP contribution in [0, 0.1) is 22.7 Å². The number of nitrogens with one attached hydrogen (secondary N) is 1. The number of hydrogen-bond acceptors (Lipinski definition) is 2. The normalized spacial score (nSPS) is 30.4. The Morgan fingerprint density at radius 2 is 1.94 bits per heavy atom. The molecule has 1 aliphatic heterocycles. The molecule has 0 aromatic carbocycles.